The monoisotopic (exact) mass is 344 g/mol. The van der Waals surface area contributed by atoms with Crippen molar-refractivity contribution in [3.05, 3.63) is 53.5 Å². The SMILES string of the molecule is CCc1cccc(CC)c1NC(=O)CC(NCc1ccco1)C(=O)O. The molecule has 0 bridgehead atoms. The van der Waals surface area contributed by atoms with Gasteiger partial charge in [-0.25, -0.2) is 0 Å². The third-order valence-electron chi connectivity index (χ3n) is 4.05. The molecular weight excluding hydrogens is 320 g/mol. The van der Waals surface area contributed by atoms with Gasteiger partial charge >= 0.3 is 5.97 Å². The normalized spacial score (nSPS) is 11.9. The number of carbonyl (C=O) groups is 2. The molecule has 1 heterocycles. The third-order valence-corrected chi connectivity index (χ3v) is 4.05. The molecule has 0 fully saturated rings. The molecule has 6 heteroatoms. The predicted octanol–water partition coefficient (Wildman–Crippen LogP) is 2.98. The average Bonchev–Trinajstić information content (AvgIpc) is 3.11. The lowest BCUT2D eigenvalue weighted by Gasteiger charge is -2.17. The van der Waals surface area contributed by atoms with Crippen LogP contribution in [-0.2, 0) is 29.0 Å². The van der Waals surface area contributed by atoms with E-state index in [0.717, 1.165) is 29.7 Å². The summed E-state index contributed by atoms with van der Waals surface area (Å²) in [7, 11) is 0. The fraction of sp³-hybridized carbons (Fsp3) is 0.368. The Hall–Kier alpha value is -2.60. The highest BCUT2D eigenvalue weighted by Gasteiger charge is 2.22. The minimum atomic E-state index is -1.07. The summed E-state index contributed by atoms with van der Waals surface area (Å²) in [6.07, 6.45) is 2.95. The van der Waals surface area contributed by atoms with Crippen molar-refractivity contribution in [3.8, 4) is 0 Å². The Kier molecular flexibility index (Phi) is 6.77. The number of amides is 1. The molecule has 1 atom stereocenters. The van der Waals surface area contributed by atoms with Crippen LogP contribution in [0.15, 0.2) is 41.0 Å². The van der Waals surface area contributed by atoms with Gasteiger partial charge in [0, 0.05) is 5.69 Å². The van der Waals surface area contributed by atoms with E-state index < -0.39 is 12.0 Å². The number of hydrogen-bond donors (Lipinski definition) is 3. The van der Waals surface area contributed by atoms with Gasteiger partial charge in [-0.1, -0.05) is 32.0 Å². The number of benzene rings is 1. The van der Waals surface area contributed by atoms with Crippen molar-refractivity contribution in [2.45, 2.75) is 45.7 Å². The van der Waals surface area contributed by atoms with Gasteiger partial charge in [-0.3, -0.25) is 14.9 Å². The zero-order chi connectivity index (χ0) is 18.2. The van der Waals surface area contributed by atoms with Gasteiger partial charge in [0.05, 0.1) is 19.2 Å². The van der Waals surface area contributed by atoms with E-state index in [1.807, 2.05) is 32.0 Å². The highest BCUT2D eigenvalue weighted by atomic mass is 16.4. The summed E-state index contributed by atoms with van der Waals surface area (Å²) in [5, 5.41) is 15.1. The number of rotatable bonds is 9. The lowest BCUT2D eigenvalue weighted by Crippen LogP contribution is -2.39. The van der Waals surface area contributed by atoms with Crippen LogP contribution in [0.3, 0.4) is 0 Å². The highest BCUT2D eigenvalue weighted by molar-refractivity contribution is 5.95. The second-order valence-electron chi connectivity index (χ2n) is 5.76. The first kappa shape index (κ1) is 18.7. The molecule has 0 aliphatic heterocycles. The van der Waals surface area contributed by atoms with Crippen LogP contribution in [0.1, 0.15) is 37.2 Å². The molecule has 2 aromatic rings. The Morgan fingerprint density at radius 2 is 1.80 bits per heavy atom. The Morgan fingerprint density at radius 3 is 2.32 bits per heavy atom. The molecule has 2 rings (SSSR count). The first-order chi connectivity index (χ1) is 12.0. The molecule has 0 aliphatic rings. The quantitative estimate of drug-likeness (QED) is 0.650. The standard InChI is InChI=1S/C19H24N2O4/c1-3-13-7-5-8-14(4-2)18(13)21-17(22)11-16(19(23)24)20-12-15-9-6-10-25-15/h5-10,16,20H,3-4,11-12H2,1-2H3,(H,21,22)(H,23,24). The molecule has 0 saturated heterocycles. The van der Waals surface area contributed by atoms with Crippen molar-refractivity contribution in [3.63, 3.8) is 0 Å². The van der Waals surface area contributed by atoms with Crippen LogP contribution in [0, 0.1) is 0 Å². The smallest absolute Gasteiger partial charge is 0.321 e. The van der Waals surface area contributed by atoms with Crippen LogP contribution in [0.4, 0.5) is 5.69 Å². The molecule has 6 nitrogen and oxygen atoms in total. The van der Waals surface area contributed by atoms with E-state index in [1.165, 1.54) is 6.26 Å². The van der Waals surface area contributed by atoms with Crippen LogP contribution in [0.25, 0.3) is 0 Å². The fourth-order valence-electron chi connectivity index (χ4n) is 2.66. The number of nitrogens with one attached hydrogen (secondary N) is 2. The summed E-state index contributed by atoms with van der Waals surface area (Å²) in [4.78, 5) is 23.8. The van der Waals surface area contributed by atoms with Crippen LogP contribution >= 0.6 is 0 Å². The third kappa shape index (κ3) is 5.19. The second-order valence-corrected chi connectivity index (χ2v) is 5.76. The van der Waals surface area contributed by atoms with E-state index in [1.54, 1.807) is 12.1 Å². The minimum Gasteiger partial charge on any atom is -0.480 e. The minimum absolute atomic E-state index is 0.156. The van der Waals surface area contributed by atoms with Crippen molar-refractivity contribution in [1.82, 2.24) is 5.32 Å². The van der Waals surface area contributed by atoms with Gasteiger partial charge < -0.3 is 14.8 Å². The van der Waals surface area contributed by atoms with Gasteiger partial charge in [0.25, 0.3) is 0 Å². The Labute approximate surface area is 147 Å². The topological polar surface area (TPSA) is 91.6 Å². The van der Waals surface area contributed by atoms with E-state index >= 15 is 0 Å². The van der Waals surface area contributed by atoms with Crippen molar-refractivity contribution >= 4 is 17.6 Å². The highest BCUT2D eigenvalue weighted by Crippen LogP contribution is 2.22. The summed E-state index contributed by atoms with van der Waals surface area (Å²) in [6, 6.07) is 8.41. The molecule has 0 radical (unpaired) electrons. The second kappa shape index (κ2) is 9.03. The number of furan rings is 1. The van der Waals surface area contributed by atoms with Gasteiger partial charge in [0.1, 0.15) is 11.8 Å². The van der Waals surface area contributed by atoms with Crippen LogP contribution in [0.2, 0.25) is 0 Å². The van der Waals surface area contributed by atoms with E-state index in [4.69, 9.17) is 4.42 Å². The molecule has 3 N–H and O–H groups in total. The molecule has 1 amide bonds. The van der Waals surface area contributed by atoms with Gasteiger partial charge in [0.2, 0.25) is 5.91 Å². The summed E-state index contributed by atoms with van der Waals surface area (Å²) < 4.78 is 5.17. The maximum Gasteiger partial charge on any atom is 0.321 e. The van der Waals surface area contributed by atoms with E-state index in [9.17, 15) is 14.7 Å². The van der Waals surface area contributed by atoms with Crippen molar-refractivity contribution in [2.24, 2.45) is 0 Å². The lowest BCUT2D eigenvalue weighted by atomic mass is 10.0. The summed E-state index contributed by atoms with van der Waals surface area (Å²) >= 11 is 0. The molecule has 0 aliphatic carbocycles. The molecule has 1 unspecified atom stereocenters. The molecule has 134 valence electrons. The van der Waals surface area contributed by atoms with Gasteiger partial charge in [-0.05, 0) is 36.1 Å². The zero-order valence-electron chi connectivity index (χ0n) is 14.5. The van der Waals surface area contributed by atoms with Gasteiger partial charge in [0.15, 0.2) is 0 Å². The zero-order valence-corrected chi connectivity index (χ0v) is 14.5. The number of aryl methyl sites for hydroxylation is 2. The molecule has 25 heavy (non-hydrogen) atoms. The Bertz CT molecular complexity index is 688. The average molecular weight is 344 g/mol. The number of carboxylic acid groups (broad SMARTS) is 1. The maximum atomic E-state index is 12.4. The number of carbonyl (C=O) groups excluding carboxylic acids is 1. The molecule has 0 spiro atoms. The fourth-order valence-corrected chi connectivity index (χ4v) is 2.66. The van der Waals surface area contributed by atoms with Gasteiger partial charge in [-0.2, -0.15) is 0 Å². The number of para-hydroxylation sites is 1. The molecule has 1 aromatic carbocycles. The van der Waals surface area contributed by atoms with E-state index in [2.05, 4.69) is 10.6 Å². The first-order valence-corrected chi connectivity index (χ1v) is 8.44. The Morgan fingerprint density at radius 1 is 1.12 bits per heavy atom. The van der Waals surface area contributed by atoms with Crippen LogP contribution < -0.4 is 10.6 Å². The predicted molar refractivity (Wildman–Crippen MR) is 95.4 cm³/mol. The van der Waals surface area contributed by atoms with Crippen LogP contribution in [0.5, 0.6) is 0 Å². The lowest BCUT2D eigenvalue weighted by molar-refractivity contribution is -0.141. The van der Waals surface area contributed by atoms with Gasteiger partial charge in [-0.15, -0.1) is 0 Å². The summed E-state index contributed by atoms with van der Waals surface area (Å²) in [6.45, 7) is 4.30. The van der Waals surface area contributed by atoms with E-state index in [0.29, 0.717) is 5.76 Å². The molecule has 1 aromatic heterocycles. The first-order valence-electron chi connectivity index (χ1n) is 8.44. The number of carboxylic acids is 1. The molecular formula is C19H24N2O4. The van der Waals surface area contributed by atoms with E-state index in [-0.39, 0.29) is 18.9 Å². The Balaban J connectivity index is 2.03. The van der Waals surface area contributed by atoms with Crippen molar-refractivity contribution in [2.75, 3.05) is 5.32 Å². The maximum absolute atomic E-state index is 12.4. The summed E-state index contributed by atoms with van der Waals surface area (Å²) in [5.74, 6) is -0.771. The number of hydrogen-bond acceptors (Lipinski definition) is 4. The largest absolute Gasteiger partial charge is 0.480 e. The van der Waals surface area contributed by atoms with Crippen molar-refractivity contribution < 1.29 is 19.1 Å². The summed E-state index contributed by atoms with van der Waals surface area (Å²) in [5.41, 5.74) is 2.89. The van der Waals surface area contributed by atoms with Crippen molar-refractivity contribution in [1.29, 1.82) is 0 Å². The van der Waals surface area contributed by atoms with Crippen LogP contribution in [-0.4, -0.2) is 23.0 Å². The number of aliphatic carboxylic acids is 1. The number of anilines is 1. The molecule has 0 saturated carbocycles.